The van der Waals surface area contributed by atoms with Crippen LogP contribution in [0.3, 0.4) is 0 Å². The van der Waals surface area contributed by atoms with E-state index in [2.05, 4.69) is 5.16 Å². The van der Waals surface area contributed by atoms with Crippen LogP contribution in [0, 0.1) is 5.92 Å². The molecule has 0 fully saturated rings. The van der Waals surface area contributed by atoms with Crippen LogP contribution in [0.4, 0.5) is 8.78 Å². The van der Waals surface area contributed by atoms with E-state index in [1.807, 2.05) is 6.92 Å². The molecule has 3 N–H and O–H groups in total. The summed E-state index contributed by atoms with van der Waals surface area (Å²) in [5, 5.41) is 12.2. The van der Waals surface area contributed by atoms with Gasteiger partial charge in [0.05, 0.1) is 6.61 Å². The summed E-state index contributed by atoms with van der Waals surface area (Å²) in [6, 6.07) is 6.14. The Morgan fingerprint density at radius 2 is 2.00 bits per heavy atom. The van der Waals surface area contributed by atoms with Crippen molar-refractivity contribution in [1.29, 1.82) is 0 Å². The lowest BCUT2D eigenvalue weighted by atomic mass is 9.98. The quantitative estimate of drug-likeness (QED) is 0.350. The second kappa shape index (κ2) is 7.19. The van der Waals surface area contributed by atoms with Gasteiger partial charge in [0.2, 0.25) is 0 Å². The highest BCUT2D eigenvalue weighted by Crippen LogP contribution is 2.27. The molecular weight excluding hydrogens is 266 g/mol. The minimum absolute atomic E-state index is 0.0122. The molecule has 0 aliphatic carbocycles. The predicted molar refractivity (Wildman–Crippen MR) is 73.5 cm³/mol. The fraction of sp³-hybridized carbons (Fsp3) is 0.500. The van der Waals surface area contributed by atoms with Crippen molar-refractivity contribution in [2.75, 3.05) is 13.2 Å². The van der Waals surface area contributed by atoms with Gasteiger partial charge in [0.25, 0.3) is 5.92 Å². The first kappa shape index (κ1) is 16.4. The van der Waals surface area contributed by atoms with Gasteiger partial charge in [-0.1, -0.05) is 36.3 Å². The molecule has 0 heterocycles. The van der Waals surface area contributed by atoms with E-state index in [1.165, 1.54) is 12.1 Å². The average Bonchev–Trinajstić information content (AvgIpc) is 2.38. The fourth-order valence-electron chi connectivity index (χ4n) is 1.64. The van der Waals surface area contributed by atoms with Crippen LogP contribution in [-0.2, 0) is 17.2 Å². The van der Waals surface area contributed by atoms with E-state index in [-0.39, 0.29) is 24.7 Å². The van der Waals surface area contributed by atoms with Gasteiger partial charge in [0.1, 0.15) is 12.4 Å². The summed E-state index contributed by atoms with van der Waals surface area (Å²) < 4.78 is 26.1. The minimum atomic E-state index is -2.83. The second-order valence-electron chi connectivity index (χ2n) is 4.76. The van der Waals surface area contributed by atoms with Crippen LogP contribution < -0.4 is 5.73 Å². The monoisotopic (exact) mass is 286 g/mol. The molecule has 0 saturated carbocycles. The molecule has 1 atom stereocenters. The molecule has 0 aromatic heterocycles. The number of aliphatic hydroxyl groups excluding tert-OH is 1. The van der Waals surface area contributed by atoms with Crippen LogP contribution >= 0.6 is 0 Å². The molecule has 0 radical (unpaired) electrons. The summed E-state index contributed by atoms with van der Waals surface area (Å²) in [4.78, 5) is 4.78. The zero-order chi connectivity index (χ0) is 15.2. The van der Waals surface area contributed by atoms with Crippen molar-refractivity contribution >= 4 is 5.84 Å². The predicted octanol–water partition coefficient (Wildman–Crippen LogP) is 2.26. The maximum absolute atomic E-state index is 13.1. The highest BCUT2D eigenvalue weighted by Gasteiger charge is 2.23. The van der Waals surface area contributed by atoms with E-state index in [4.69, 9.17) is 15.7 Å². The standard InChI is InChI=1S/C14H20F2N2O2/c1-10(13(17)18-20-8-7-19)9-11-3-5-12(6-4-11)14(2,15)16/h3-6,10,19H,7-9H2,1-2H3,(H2,17,18). The zero-order valence-electron chi connectivity index (χ0n) is 11.6. The molecule has 0 aliphatic rings. The third-order valence-electron chi connectivity index (χ3n) is 2.86. The maximum Gasteiger partial charge on any atom is 0.270 e. The molecule has 0 spiro atoms. The van der Waals surface area contributed by atoms with Crippen LogP contribution in [0.25, 0.3) is 0 Å². The number of halogens is 2. The molecule has 0 aliphatic heterocycles. The van der Waals surface area contributed by atoms with Crippen molar-refractivity contribution in [3.05, 3.63) is 35.4 Å². The average molecular weight is 286 g/mol. The van der Waals surface area contributed by atoms with Gasteiger partial charge in [0, 0.05) is 18.4 Å². The lowest BCUT2D eigenvalue weighted by Gasteiger charge is -2.13. The van der Waals surface area contributed by atoms with Gasteiger partial charge in [-0.3, -0.25) is 0 Å². The first-order valence-electron chi connectivity index (χ1n) is 6.38. The van der Waals surface area contributed by atoms with E-state index in [0.29, 0.717) is 12.3 Å². The molecule has 4 nitrogen and oxygen atoms in total. The summed E-state index contributed by atoms with van der Waals surface area (Å²) in [5.74, 6) is -2.60. The number of amidine groups is 1. The molecule has 6 heteroatoms. The van der Waals surface area contributed by atoms with E-state index < -0.39 is 5.92 Å². The van der Waals surface area contributed by atoms with Gasteiger partial charge in [-0.25, -0.2) is 8.78 Å². The number of aliphatic hydroxyl groups is 1. The number of hydrogen-bond donors (Lipinski definition) is 2. The van der Waals surface area contributed by atoms with Crippen molar-refractivity contribution < 1.29 is 18.7 Å². The molecule has 0 bridgehead atoms. The van der Waals surface area contributed by atoms with Gasteiger partial charge in [0.15, 0.2) is 0 Å². The fourth-order valence-corrected chi connectivity index (χ4v) is 1.64. The number of alkyl halides is 2. The Kier molecular flexibility index (Phi) is 5.88. The number of nitrogens with zero attached hydrogens (tertiary/aromatic N) is 1. The molecule has 20 heavy (non-hydrogen) atoms. The molecule has 1 aromatic carbocycles. The van der Waals surface area contributed by atoms with Crippen molar-refractivity contribution in [1.82, 2.24) is 0 Å². The highest BCUT2D eigenvalue weighted by molar-refractivity contribution is 5.82. The maximum atomic E-state index is 13.1. The van der Waals surface area contributed by atoms with E-state index in [9.17, 15) is 8.78 Å². The summed E-state index contributed by atoms with van der Waals surface area (Å²) >= 11 is 0. The zero-order valence-corrected chi connectivity index (χ0v) is 11.6. The molecule has 112 valence electrons. The van der Waals surface area contributed by atoms with Crippen molar-refractivity contribution in [2.24, 2.45) is 16.8 Å². The molecule has 1 rings (SSSR count). The summed E-state index contributed by atoms with van der Waals surface area (Å²) in [6.07, 6.45) is 0.577. The lowest BCUT2D eigenvalue weighted by molar-refractivity contribution is 0.0174. The molecule has 0 saturated heterocycles. The Balaban J connectivity index is 2.62. The topological polar surface area (TPSA) is 67.8 Å². The summed E-state index contributed by atoms with van der Waals surface area (Å²) in [6.45, 7) is 2.70. The van der Waals surface area contributed by atoms with E-state index in [1.54, 1.807) is 12.1 Å². The molecule has 1 aromatic rings. The van der Waals surface area contributed by atoms with Crippen molar-refractivity contribution in [2.45, 2.75) is 26.2 Å². The van der Waals surface area contributed by atoms with Crippen LogP contribution in [0.15, 0.2) is 29.4 Å². The van der Waals surface area contributed by atoms with Gasteiger partial charge < -0.3 is 15.7 Å². The molecule has 0 amide bonds. The smallest absolute Gasteiger partial charge is 0.270 e. The number of benzene rings is 1. The first-order chi connectivity index (χ1) is 9.34. The van der Waals surface area contributed by atoms with Gasteiger partial charge in [-0.2, -0.15) is 0 Å². The Morgan fingerprint density at radius 3 is 2.50 bits per heavy atom. The third-order valence-corrected chi connectivity index (χ3v) is 2.86. The summed E-state index contributed by atoms with van der Waals surface area (Å²) in [5.41, 5.74) is 6.61. The molecule has 1 unspecified atom stereocenters. The number of rotatable bonds is 7. The normalized spacial score (nSPS) is 14.2. The van der Waals surface area contributed by atoms with Gasteiger partial charge >= 0.3 is 0 Å². The van der Waals surface area contributed by atoms with Crippen LogP contribution in [0.1, 0.15) is 25.0 Å². The van der Waals surface area contributed by atoms with Crippen LogP contribution in [0.5, 0.6) is 0 Å². The highest BCUT2D eigenvalue weighted by atomic mass is 19.3. The first-order valence-corrected chi connectivity index (χ1v) is 6.38. The van der Waals surface area contributed by atoms with E-state index >= 15 is 0 Å². The van der Waals surface area contributed by atoms with Crippen LogP contribution in [-0.4, -0.2) is 24.2 Å². The van der Waals surface area contributed by atoms with Crippen molar-refractivity contribution in [3.63, 3.8) is 0 Å². The van der Waals surface area contributed by atoms with Gasteiger partial charge in [-0.15, -0.1) is 0 Å². The van der Waals surface area contributed by atoms with E-state index in [0.717, 1.165) is 12.5 Å². The number of hydrogen-bond acceptors (Lipinski definition) is 3. The minimum Gasteiger partial charge on any atom is -0.393 e. The number of nitrogens with two attached hydrogens (primary N) is 1. The largest absolute Gasteiger partial charge is 0.393 e. The SMILES string of the molecule is CC(Cc1ccc(C(C)(F)F)cc1)/C(N)=N/OCCO. The Hall–Kier alpha value is -1.69. The van der Waals surface area contributed by atoms with Crippen molar-refractivity contribution in [3.8, 4) is 0 Å². The molecular formula is C14H20F2N2O2. The Labute approximate surface area is 117 Å². The third kappa shape index (κ3) is 5.13. The number of oxime groups is 1. The summed E-state index contributed by atoms with van der Waals surface area (Å²) in [7, 11) is 0. The lowest BCUT2D eigenvalue weighted by Crippen LogP contribution is -2.23. The Bertz CT molecular complexity index is 441. The Morgan fingerprint density at radius 1 is 1.40 bits per heavy atom. The van der Waals surface area contributed by atoms with Crippen LogP contribution in [0.2, 0.25) is 0 Å². The second-order valence-corrected chi connectivity index (χ2v) is 4.76. The van der Waals surface area contributed by atoms with Gasteiger partial charge in [-0.05, 0) is 12.0 Å².